The first-order valence-electron chi connectivity index (χ1n) is 13.6. The number of fused-ring (bicyclic) bond motifs is 1. The fourth-order valence-electron chi connectivity index (χ4n) is 5.97. The maximum atomic E-state index is 13.8. The number of urea groups is 1. The zero-order valence-electron chi connectivity index (χ0n) is 22.7. The molecule has 2 fully saturated rings. The molecule has 0 aromatic carbocycles. The summed E-state index contributed by atoms with van der Waals surface area (Å²) in [6.45, 7) is 15.6. The lowest BCUT2D eigenvalue weighted by molar-refractivity contribution is 0.0127. The van der Waals surface area contributed by atoms with Crippen LogP contribution in [0.25, 0.3) is 0 Å². The molecule has 2 N–H and O–H groups in total. The summed E-state index contributed by atoms with van der Waals surface area (Å²) in [5, 5.41) is 14.7. The van der Waals surface area contributed by atoms with Gasteiger partial charge in [0.25, 0.3) is 5.91 Å². The molecule has 3 aliphatic heterocycles. The Morgan fingerprint density at radius 2 is 1.89 bits per heavy atom. The van der Waals surface area contributed by atoms with E-state index < -0.39 is 0 Å². The van der Waals surface area contributed by atoms with Gasteiger partial charge in [-0.15, -0.1) is 0 Å². The van der Waals surface area contributed by atoms with E-state index in [-0.39, 0.29) is 24.0 Å². The van der Waals surface area contributed by atoms with Crippen molar-refractivity contribution in [1.82, 2.24) is 34.7 Å². The van der Waals surface area contributed by atoms with Crippen LogP contribution in [0.4, 0.5) is 10.6 Å². The van der Waals surface area contributed by atoms with Crippen molar-refractivity contribution >= 4 is 17.8 Å². The van der Waals surface area contributed by atoms with Crippen molar-refractivity contribution in [2.45, 2.75) is 78.7 Å². The number of anilines is 1. The standard InChI is InChI=1S/C26H40N8O3/c1-6-34-22(11-16(2)30-34)25(35)27-24-21-15-33(19(5)23(21)28-29-24)26(36)32-13-17(3)31(12-18(32)4)14-20-7-9-37-10-8-20/h11,17-20H,6-10,12-15H2,1-5H3,(H2,27,28,29,35)/t17-,18+,19?/m1/s1. The summed E-state index contributed by atoms with van der Waals surface area (Å²) in [4.78, 5) is 33.2. The largest absolute Gasteiger partial charge is 0.381 e. The van der Waals surface area contributed by atoms with E-state index in [4.69, 9.17) is 4.74 Å². The Balaban J connectivity index is 1.24. The first-order valence-corrected chi connectivity index (χ1v) is 13.6. The number of aryl methyl sites for hydroxylation is 2. The molecule has 11 nitrogen and oxygen atoms in total. The minimum atomic E-state index is -0.253. The third-order valence-corrected chi connectivity index (χ3v) is 8.22. The molecule has 0 saturated carbocycles. The number of hydrogen-bond donors (Lipinski definition) is 2. The van der Waals surface area contributed by atoms with Gasteiger partial charge in [0, 0.05) is 57.0 Å². The number of nitrogens with one attached hydrogen (secondary N) is 2. The predicted molar refractivity (Wildman–Crippen MR) is 139 cm³/mol. The predicted octanol–water partition coefficient (Wildman–Crippen LogP) is 3.00. The van der Waals surface area contributed by atoms with Gasteiger partial charge in [-0.25, -0.2) is 4.79 Å². The number of amides is 3. The van der Waals surface area contributed by atoms with E-state index in [0.717, 1.165) is 56.1 Å². The lowest BCUT2D eigenvalue weighted by Crippen LogP contribution is -2.60. The van der Waals surface area contributed by atoms with Crippen LogP contribution in [0.3, 0.4) is 0 Å². The second kappa shape index (κ2) is 10.4. The third kappa shape index (κ3) is 4.98. The Morgan fingerprint density at radius 3 is 2.62 bits per heavy atom. The average molecular weight is 513 g/mol. The van der Waals surface area contributed by atoms with Gasteiger partial charge in [0.15, 0.2) is 5.82 Å². The zero-order valence-corrected chi connectivity index (χ0v) is 22.7. The number of nitrogens with zero attached hydrogens (tertiary/aromatic N) is 6. The summed E-state index contributed by atoms with van der Waals surface area (Å²) in [6.07, 6.45) is 2.24. The highest BCUT2D eigenvalue weighted by Crippen LogP contribution is 2.37. The molecule has 5 rings (SSSR count). The van der Waals surface area contributed by atoms with Gasteiger partial charge in [-0.1, -0.05) is 0 Å². The van der Waals surface area contributed by atoms with Crippen LogP contribution in [-0.2, 0) is 17.8 Å². The summed E-state index contributed by atoms with van der Waals surface area (Å²) in [5.41, 5.74) is 3.04. The van der Waals surface area contributed by atoms with Crippen molar-refractivity contribution in [3.8, 4) is 0 Å². The monoisotopic (exact) mass is 512 g/mol. The topological polar surface area (TPSA) is 112 Å². The van der Waals surface area contributed by atoms with Gasteiger partial charge in [-0.3, -0.25) is 19.5 Å². The van der Waals surface area contributed by atoms with Crippen molar-refractivity contribution in [1.29, 1.82) is 0 Å². The number of aromatic amines is 1. The van der Waals surface area contributed by atoms with Crippen molar-refractivity contribution < 1.29 is 14.3 Å². The molecule has 3 aliphatic rings. The normalized spacial score (nSPS) is 24.9. The van der Waals surface area contributed by atoms with Gasteiger partial charge in [0.1, 0.15) is 5.69 Å². The van der Waals surface area contributed by atoms with E-state index in [2.05, 4.69) is 39.4 Å². The fourth-order valence-corrected chi connectivity index (χ4v) is 5.97. The van der Waals surface area contributed by atoms with Crippen LogP contribution in [0.2, 0.25) is 0 Å². The van der Waals surface area contributed by atoms with Crippen molar-refractivity contribution in [2.75, 3.05) is 38.2 Å². The smallest absolute Gasteiger partial charge is 0.321 e. The van der Waals surface area contributed by atoms with E-state index in [1.54, 1.807) is 10.7 Å². The summed E-state index contributed by atoms with van der Waals surface area (Å²) in [6, 6.07) is 2.10. The molecule has 202 valence electrons. The van der Waals surface area contributed by atoms with Crippen LogP contribution in [0, 0.1) is 12.8 Å². The third-order valence-electron chi connectivity index (χ3n) is 8.22. The second-order valence-electron chi connectivity index (χ2n) is 10.9. The summed E-state index contributed by atoms with van der Waals surface area (Å²) >= 11 is 0. The van der Waals surface area contributed by atoms with E-state index >= 15 is 0 Å². The zero-order chi connectivity index (χ0) is 26.3. The Morgan fingerprint density at radius 1 is 1.14 bits per heavy atom. The highest BCUT2D eigenvalue weighted by molar-refractivity contribution is 6.03. The first-order chi connectivity index (χ1) is 17.8. The average Bonchev–Trinajstić information content (AvgIpc) is 3.56. The van der Waals surface area contributed by atoms with Crippen LogP contribution in [0.1, 0.15) is 74.0 Å². The summed E-state index contributed by atoms with van der Waals surface area (Å²) in [5.74, 6) is 0.902. The quantitative estimate of drug-likeness (QED) is 0.637. The van der Waals surface area contributed by atoms with Crippen molar-refractivity contribution in [3.63, 3.8) is 0 Å². The van der Waals surface area contributed by atoms with Crippen LogP contribution in [0.5, 0.6) is 0 Å². The number of ether oxygens (including phenoxy) is 1. The Labute approximate surface area is 218 Å². The van der Waals surface area contributed by atoms with E-state index in [9.17, 15) is 9.59 Å². The van der Waals surface area contributed by atoms with Gasteiger partial charge in [-0.05, 0) is 59.4 Å². The summed E-state index contributed by atoms with van der Waals surface area (Å²) < 4.78 is 7.21. The number of carbonyl (C=O) groups is 2. The molecule has 11 heteroatoms. The molecule has 1 unspecified atom stereocenters. The van der Waals surface area contributed by atoms with Gasteiger partial charge < -0.3 is 19.9 Å². The highest BCUT2D eigenvalue weighted by atomic mass is 16.5. The minimum Gasteiger partial charge on any atom is -0.381 e. The summed E-state index contributed by atoms with van der Waals surface area (Å²) in [7, 11) is 0. The molecule has 0 radical (unpaired) electrons. The van der Waals surface area contributed by atoms with E-state index in [1.807, 2.05) is 30.6 Å². The van der Waals surface area contributed by atoms with Gasteiger partial charge in [-0.2, -0.15) is 10.2 Å². The number of rotatable bonds is 5. The molecule has 2 aromatic heterocycles. The Hall–Kier alpha value is -2.92. The van der Waals surface area contributed by atoms with Crippen LogP contribution < -0.4 is 5.32 Å². The van der Waals surface area contributed by atoms with Crippen LogP contribution in [-0.4, -0.2) is 91.5 Å². The molecule has 37 heavy (non-hydrogen) atoms. The highest BCUT2D eigenvalue weighted by Gasteiger charge is 2.41. The van der Waals surface area contributed by atoms with Gasteiger partial charge in [0.2, 0.25) is 0 Å². The molecule has 2 saturated heterocycles. The van der Waals surface area contributed by atoms with Gasteiger partial charge in [0.05, 0.1) is 24.0 Å². The number of piperazine rings is 1. The molecular formula is C26H40N8O3. The van der Waals surface area contributed by atoms with Crippen molar-refractivity contribution in [2.24, 2.45) is 5.92 Å². The lowest BCUT2D eigenvalue weighted by atomic mass is 9.97. The number of aromatic nitrogens is 4. The first kappa shape index (κ1) is 25.7. The lowest BCUT2D eigenvalue weighted by Gasteiger charge is -2.46. The number of H-pyrrole nitrogens is 1. The minimum absolute atomic E-state index is 0.0409. The molecule has 0 aliphatic carbocycles. The van der Waals surface area contributed by atoms with E-state index in [0.29, 0.717) is 43.1 Å². The second-order valence-corrected chi connectivity index (χ2v) is 10.9. The SMILES string of the molecule is CCn1nc(C)cc1C(=O)Nc1n[nH]c2c1CN(C(=O)N1C[C@@H](C)N(CC3CCOCC3)C[C@@H]1C)C2C. The number of carbonyl (C=O) groups excluding carboxylic acids is 2. The molecule has 3 amide bonds. The molecule has 5 heterocycles. The van der Waals surface area contributed by atoms with Crippen molar-refractivity contribution in [3.05, 3.63) is 28.7 Å². The molecule has 3 atom stereocenters. The number of hydrogen-bond acceptors (Lipinski definition) is 6. The maximum absolute atomic E-state index is 13.8. The Kier molecular flexibility index (Phi) is 7.26. The Bertz CT molecular complexity index is 1140. The van der Waals surface area contributed by atoms with Crippen LogP contribution in [0.15, 0.2) is 6.07 Å². The molecule has 2 aromatic rings. The van der Waals surface area contributed by atoms with Crippen LogP contribution >= 0.6 is 0 Å². The molecule has 0 spiro atoms. The molecular weight excluding hydrogens is 472 g/mol. The molecule has 0 bridgehead atoms. The van der Waals surface area contributed by atoms with Gasteiger partial charge >= 0.3 is 6.03 Å². The van der Waals surface area contributed by atoms with E-state index in [1.165, 1.54) is 0 Å². The fraction of sp³-hybridized carbons (Fsp3) is 0.692. The maximum Gasteiger partial charge on any atom is 0.321 e.